The molecule has 1 aliphatic rings. The fourth-order valence-electron chi connectivity index (χ4n) is 3.93. The molecule has 1 saturated heterocycles. The zero-order valence-corrected chi connectivity index (χ0v) is 19.6. The number of carboxylic acid groups (broad SMARTS) is 1. The summed E-state index contributed by atoms with van der Waals surface area (Å²) in [5, 5.41) is 11.7. The first kappa shape index (κ1) is 23.5. The maximum atomic E-state index is 13.2. The minimum absolute atomic E-state index is 0.0700. The van der Waals surface area contributed by atoms with Gasteiger partial charge in [0.15, 0.2) is 0 Å². The van der Waals surface area contributed by atoms with Crippen molar-refractivity contribution in [2.45, 2.75) is 50.6 Å². The van der Waals surface area contributed by atoms with Crippen molar-refractivity contribution in [3.8, 4) is 0 Å². The SMILES string of the molecule is CN([C@@H]1CCN([C@H](CC(C)(C)C)C(=O)O)C1=O)S(=O)(=O)c1ccc2cc(Cl)ccc2c1. The first-order valence-electron chi connectivity index (χ1n) is 10.0. The van der Waals surface area contributed by atoms with E-state index in [9.17, 15) is 23.1 Å². The summed E-state index contributed by atoms with van der Waals surface area (Å²) in [5.74, 6) is -1.56. The number of amides is 1. The van der Waals surface area contributed by atoms with Crippen LogP contribution >= 0.6 is 11.6 Å². The van der Waals surface area contributed by atoms with Crippen LogP contribution in [0, 0.1) is 5.41 Å². The van der Waals surface area contributed by atoms with Gasteiger partial charge in [-0.2, -0.15) is 4.31 Å². The fourth-order valence-corrected chi connectivity index (χ4v) is 5.49. The van der Waals surface area contributed by atoms with Crippen molar-refractivity contribution in [2.24, 2.45) is 5.41 Å². The molecule has 31 heavy (non-hydrogen) atoms. The van der Waals surface area contributed by atoms with E-state index in [0.717, 1.165) is 15.1 Å². The molecule has 0 aromatic heterocycles. The Morgan fingerprint density at radius 3 is 2.45 bits per heavy atom. The lowest BCUT2D eigenvalue weighted by atomic mass is 9.87. The van der Waals surface area contributed by atoms with Crippen molar-refractivity contribution in [2.75, 3.05) is 13.6 Å². The second-order valence-electron chi connectivity index (χ2n) is 9.13. The Hall–Kier alpha value is -2.16. The predicted octanol–water partition coefficient (Wildman–Crippen LogP) is 3.60. The minimum atomic E-state index is -3.96. The summed E-state index contributed by atoms with van der Waals surface area (Å²) in [7, 11) is -2.59. The summed E-state index contributed by atoms with van der Waals surface area (Å²) in [5.41, 5.74) is -0.298. The van der Waals surface area contributed by atoms with Crippen molar-refractivity contribution < 1.29 is 23.1 Å². The van der Waals surface area contributed by atoms with Crippen LogP contribution in [0.5, 0.6) is 0 Å². The Morgan fingerprint density at radius 2 is 1.84 bits per heavy atom. The average Bonchev–Trinajstić information content (AvgIpc) is 3.05. The zero-order chi connectivity index (χ0) is 23.1. The maximum absolute atomic E-state index is 13.2. The standard InChI is InChI=1S/C22H27ClN2O5S/c1-22(2,3)13-19(21(27)28)25-10-9-18(20(25)26)24(4)31(29,30)17-8-6-14-11-16(23)7-5-15(14)12-17/h5-8,11-12,18-19H,9-10,13H2,1-4H3,(H,27,28)/t18-,19-/m1/s1. The quantitative estimate of drug-likeness (QED) is 0.701. The molecule has 2 aromatic carbocycles. The Labute approximate surface area is 187 Å². The molecule has 2 aromatic rings. The zero-order valence-electron chi connectivity index (χ0n) is 18.0. The molecule has 168 valence electrons. The van der Waals surface area contributed by atoms with Gasteiger partial charge in [0.25, 0.3) is 0 Å². The average molecular weight is 467 g/mol. The Kier molecular flexibility index (Phi) is 6.37. The van der Waals surface area contributed by atoms with Crippen LogP contribution in [-0.4, -0.2) is 60.3 Å². The number of nitrogens with zero attached hydrogens (tertiary/aromatic N) is 2. The third-order valence-corrected chi connectivity index (χ3v) is 7.67. The Bertz CT molecular complexity index is 1130. The van der Waals surface area contributed by atoms with Gasteiger partial charge >= 0.3 is 5.97 Å². The summed E-state index contributed by atoms with van der Waals surface area (Å²) < 4.78 is 27.5. The Morgan fingerprint density at radius 1 is 1.23 bits per heavy atom. The highest BCUT2D eigenvalue weighted by Gasteiger charge is 2.44. The number of likely N-dealkylation sites (tertiary alicyclic amines) is 1. The number of hydrogen-bond donors (Lipinski definition) is 1. The smallest absolute Gasteiger partial charge is 0.326 e. The van der Waals surface area contributed by atoms with Gasteiger partial charge in [-0.1, -0.05) is 44.5 Å². The van der Waals surface area contributed by atoms with Gasteiger partial charge in [0.1, 0.15) is 12.1 Å². The molecule has 0 bridgehead atoms. The number of benzene rings is 2. The van der Waals surface area contributed by atoms with Crippen LogP contribution in [0.1, 0.15) is 33.6 Å². The third-order valence-electron chi connectivity index (χ3n) is 5.57. The molecule has 0 unspecified atom stereocenters. The van der Waals surface area contributed by atoms with E-state index < -0.39 is 34.0 Å². The third kappa shape index (κ3) is 4.86. The normalized spacial score (nSPS) is 18.7. The van der Waals surface area contributed by atoms with Gasteiger partial charge in [0, 0.05) is 18.6 Å². The molecular weight excluding hydrogens is 440 g/mol. The summed E-state index contributed by atoms with van der Waals surface area (Å²) in [4.78, 5) is 26.2. The number of sulfonamides is 1. The van der Waals surface area contributed by atoms with E-state index >= 15 is 0 Å². The van der Waals surface area contributed by atoms with Crippen LogP contribution in [-0.2, 0) is 19.6 Å². The van der Waals surface area contributed by atoms with E-state index in [0.29, 0.717) is 5.02 Å². The van der Waals surface area contributed by atoms with Crippen molar-refractivity contribution in [1.82, 2.24) is 9.21 Å². The highest BCUT2D eigenvalue weighted by molar-refractivity contribution is 7.89. The molecular formula is C22H27ClN2O5S. The van der Waals surface area contributed by atoms with Crippen LogP contribution in [0.15, 0.2) is 41.3 Å². The molecule has 3 rings (SSSR count). The molecule has 1 aliphatic heterocycles. The molecule has 1 amide bonds. The van der Waals surface area contributed by atoms with E-state index in [4.69, 9.17) is 11.6 Å². The predicted molar refractivity (Wildman–Crippen MR) is 120 cm³/mol. The number of likely N-dealkylation sites (N-methyl/N-ethyl adjacent to an activating group) is 1. The molecule has 0 aliphatic carbocycles. The van der Waals surface area contributed by atoms with Gasteiger partial charge in [-0.05, 0) is 53.3 Å². The lowest BCUT2D eigenvalue weighted by molar-refractivity contribution is -0.150. The topological polar surface area (TPSA) is 95.0 Å². The van der Waals surface area contributed by atoms with E-state index in [-0.39, 0.29) is 29.7 Å². The van der Waals surface area contributed by atoms with Gasteiger partial charge in [0.2, 0.25) is 15.9 Å². The highest BCUT2D eigenvalue weighted by atomic mass is 35.5. The molecule has 0 saturated carbocycles. The van der Waals surface area contributed by atoms with Crippen LogP contribution < -0.4 is 0 Å². The van der Waals surface area contributed by atoms with Gasteiger partial charge in [-0.3, -0.25) is 4.79 Å². The molecule has 1 heterocycles. The second-order valence-corrected chi connectivity index (χ2v) is 11.6. The molecule has 1 N–H and O–H groups in total. The largest absolute Gasteiger partial charge is 0.480 e. The van der Waals surface area contributed by atoms with Gasteiger partial charge < -0.3 is 10.0 Å². The van der Waals surface area contributed by atoms with Gasteiger partial charge in [0.05, 0.1) is 4.90 Å². The molecule has 1 fully saturated rings. The number of aliphatic carboxylic acids is 1. The summed E-state index contributed by atoms with van der Waals surface area (Å²) in [6.07, 6.45) is 0.524. The summed E-state index contributed by atoms with van der Waals surface area (Å²) in [6.45, 7) is 5.92. The van der Waals surface area contributed by atoms with Crippen LogP contribution in [0.4, 0.5) is 0 Å². The van der Waals surface area contributed by atoms with E-state index in [1.54, 1.807) is 30.3 Å². The van der Waals surface area contributed by atoms with Crippen LogP contribution in [0.3, 0.4) is 0 Å². The second kappa shape index (κ2) is 8.41. The van der Waals surface area contributed by atoms with Crippen molar-refractivity contribution >= 4 is 44.3 Å². The maximum Gasteiger partial charge on any atom is 0.326 e. The van der Waals surface area contributed by atoms with Gasteiger partial charge in [-0.25, -0.2) is 13.2 Å². The van der Waals surface area contributed by atoms with Gasteiger partial charge in [-0.15, -0.1) is 0 Å². The van der Waals surface area contributed by atoms with E-state index in [1.165, 1.54) is 18.0 Å². The number of rotatable bonds is 6. The molecule has 2 atom stereocenters. The first-order valence-corrected chi connectivity index (χ1v) is 11.8. The first-order chi connectivity index (χ1) is 14.3. The van der Waals surface area contributed by atoms with Crippen molar-refractivity contribution in [3.63, 3.8) is 0 Å². The van der Waals surface area contributed by atoms with Crippen molar-refractivity contribution in [3.05, 3.63) is 41.4 Å². The number of carbonyl (C=O) groups excluding carboxylic acids is 1. The number of halogens is 1. The summed E-state index contributed by atoms with van der Waals surface area (Å²) >= 11 is 5.99. The van der Waals surface area contributed by atoms with Crippen molar-refractivity contribution in [1.29, 1.82) is 0 Å². The highest BCUT2D eigenvalue weighted by Crippen LogP contribution is 2.30. The number of carbonyl (C=O) groups is 2. The fraction of sp³-hybridized carbons (Fsp3) is 0.455. The number of fused-ring (bicyclic) bond motifs is 1. The minimum Gasteiger partial charge on any atom is -0.480 e. The monoisotopic (exact) mass is 466 g/mol. The van der Waals surface area contributed by atoms with E-state index in [1.807, 2.05) is 20.8 Å². The van der Waals surface area contributed by atoms with E-state index in [2.05, 4.69) is 0 Å². The van der Waals surface area contributed by atoms with Crippen LogP contribution in [0.2, 0.25) is 5.02 Å². The molecule has 0 spiro atoms. The molecule has 0 radical (unpaired) electrons. The Balaban J connectivity index is 1.86. The number of hydrogen-bond acceptors (Lipinski definition) is 4. The summed E-state index contributed by atoms with van der Waals surface area (Å²) in [6, 6.07) is 7.96. The number of carboxylic acids is 1. The lowest BCUT2D eigenvalue weighted by Crippen LogP contribution is -2.48. The molecule has 9 heteroatoms. The molecule has 7 nitrogen and oxygen atoms in total. The van der Waals surface area contributed by atoms with Crippen LogP contribution in [0.25, 0.3) is 10.8 Å². The lowest BCUT2D eigenvalue weighted by Gasteiger charge is -2.31.